The highest BCUT2D eigenvalue weighted by atomic mass is 35.5. The topological polar surface area (TPSA) is 42.2 Å². The Morgan fingerprint density at radius 1 is 1.27 bits per heavy atom. The van der Waals surface area contributed by atoms with Gasteiger partial charge < -0.3 is 9.47 Å². The van der Waals surface area contributed by atoms with E-state index >= 15 is 0 Å². The molecule has 76 valence electrons. The van der Waals surface area contributed by atoms with Gasteiger partial charge in [0, 0.05) is 25.0 Å². The molecule has 0 saturated heterocycles. The summed E-state index contributed by atoms with van der Waals surface area (Å²) in [5.74, 6) is 0.828. The number of ether oxygens (including phenoxy) is 2. The van der Waals surface area contributed by atoms with E-state index in [1.54, 1.807) is 12.1 Å². The van der Waals surface area contributed by atoms with Crippen molar-refractivity contribution in [2.24, 2.45) is 0 Å². The van der Waals surface area contributed by atoms with Crippen molar-refractivity contribution in [2.45, 2.75) is 25.0 Å². The van der Waals surface area contributed by atoms with E-state index in [2.05, 4.69) is 0 Å². The monoisotopic (exact) mass is 221 g/mol. The molecule has 0 aromatic heterocycles. The van der Waals surface area contributed by atoms with Crippen molar-refractivity contribution >= 4 is 11.6 Å². The molecular formula is C11H8ClNO2. The van der Waals surface area contributed by atoms with Crippen LogP contribution in [0.1, 0.15) is 24.8 Å². The number of nitrogens with zero attached hydrogens (tertiary/aromatic N) is 1. The Hall–Kier alpha value is -1.40. The van der Waals surface area contributed by atoms with Gasteiger partial charge in [-0.2, -0.15) is 5.26 Å². The fraction of sp³-hybridized carbons (Fsp3) is 0.364. The lowest BCUT2D eigenvalue weighted by molar-refractivity contribution is -0.138. The average Bonchev–Trinajstić information content (AvgIpc) is 2.54. The smallest absolute Gasteiger partial charge is 0.251 e. The molecule has 0 bridgehead atoms. The maximum absolute atomic E-state index is 8.82. The van der Waals surface area contributed by atoms with Gasteiger partial charge >= 0.3 is 0 Å². The summed E-state index contributed by atoms with van der Waals surface area (Å²) < 4.78 is 11.4. The summed E-state index contributed by atoms with van der Waals surface area (Å²) in [6.45, 7) is 0. The highest BCUT2D eigenvalue weighted by Gasteiger charge is 2.47. The Kier molecular flexibility index (Phi) is 1.66. The van der Waals surface area contributed by atoms with E-state index in [1.807, 2.05) is 6.07 Å². The molecule has 3 rings (SSSR count). The summed E-state index contributed by atoms with van der Waals surface area (Å²) in [6.07, 6.45) is 2.93. The maximum Gasteiger partial charge on any atom is 0.251 e. The van der Waals surface area contributed by atoms with Crippen molar-refractivity contribution in [1.29, 1.82) is 5.26 Å². The first kappa shape index (κ1) is 8.87. The Balaban J connectivity index is 2.03. The lowest BCUT2D eigenvalue weighted by Gasteiger charge is -2.35. The summed E-state index contributed by atoms with van der Waals surface area (Å²) >= 11 is 5.90. The van der Waals surface area contributed by atoms with Gasteiger partial charge in [-0.3, -0.25) is 0 Å². The average molecular weight is 222 g/mol. The van der Waals surface area contributed by atoms with E-state index in [1.165, 1.54) is 0 Å². The van der Waals surface area contributed by atoms with Gasteiger partial charge in [0.2, 0.25) is 0 Å². The summed E-state index contributed by atoms with van der Waals surface area (Å²) in [4.78, 5) is 0. The first-order valence-electron chi connectivity index (χ1n) is 4.84. The molecule has 2 aliphatic rings. The number of fused-ring (bicyclic) bond motifs is 1. The molecule has 0 N–H and O–H groups in total. The van der Waals surface area contributed by atoms with Crippen molar-refractivity contribution < 1.29 is 9.47 Å². The molecule has 4 heteroatoms. The normalized spacial score (nSPS) is 19.7. The van der Waals surface area contributed by atoms with Crippen molar-refractivity contribution in [3.05, 3.63) is 22.7 Å². The number of rotatable bonds is 0. The molecule has 0 radical (unpaired) electrons. The molecule has 1 aliphatic carbocycles. The number of benzene rings is 1. The van der Waals surface area contributed by atoms with Gasteiger partial charge in [0.05, 0.1) is 10.6 Å². The maximum atomic E-state index is 8.82. The van der Waals surface area contributed by atoms with E-state index in [-0.39, 0.29) is 0 Å². The minimum Gasteiger partial charge on any atom is -0.448 e. The van der Waals surface area contributed by atoms with Crippen LogP contribution in [0.3, 0.4) is 0 Å². The van der Waals surface area contributed by atoms with Crippen LogP contribution in [0.15, 0.2) is 12.1 Å². The zero-order valence-corrected chi connectivity index (χ0v) is 8.67. The number of halogens is 1. The molecule has 0 unspecified atom stereocenters. The summed E-state index contributed by atoms with van der Waals surface area (Å²) in [7, 11) is 0. The summed E-state index contributed by atoms with van der Waals surface area (Å²) in [5.41, 5.74) is 0.426. The van der Waals surface area contributed by atoms with Gasteiger partial charge in [0.25, 0.3) is 5.79 Å². The SMILES string of the molecule is N#Cc1cc2c(cc1Cl)OC1(CCC1)O2. The largest absolute Gasteiger partial charge is 0.448 e. The first-order valence-corrected chi connectivity index (χ1v) is 5.22. The summed E-state index contributed by atoms with van der Waals surface area (Å²) in [6, 6.07) is 5.32. The van der Waals surface area contributed by atoms with E-state index in [4.69, 9.17) is 26.3 Å². The molecule has 1 fully saturated rings. The van der Waals surface area contributed by atoms with Crippen molar-refractivity contribution in [2.75, 3.05) is 0 Å². The summed E-state index contributed by atoms with van der Waals surface area (Å²) in [5, 5.41) is 9.23. The lowest BCUT2D eigenvalue weighted by atomic mass is 9.91. The molecule has 3 nitrogen and oxygen atoms in total. The van der Waals surface area contributed by atoms with Crippen molar-refractivity contribution in [3.63, 3.8) is 0 Å². The van der Waals surface area contributed by atoms with Crippen LogP contribution in [0, 0.1) is 11.3 Å². The van der Waals surface area contributed by atoms with E-state index in [9.17, 15) is 0 Å². The van der Waals surface area contributed by atoms with Crippen LogP contribution in [-0.2, 0) is 0 Å². The van der Waals surface area contributed by atoms with E-state index < -0.39 is 5.79 Å². The van der Waals surface area contributed by atoms with Crippen LogP contribution in [-0.4, -0.2) is 5.79 Å². The Labute approximate surface area is 92.2 Å². The molecule has 1 heterocycles. The predicted molar refractivity (Wildman–Crippen MR) is 54.0 cm³/mol. The molecule has 1 spiro atoms. The Bertz CT molecular complexity index is 474. The Morgan fingerprint density at radius 2 is 1.93 bits per heavy atom. The van der Waals surface area contributed by atoms with Gasteiger partial charge in [0.1, 0.15) is 6.07 Å². The van der Waals surface area contributed by atoms with Gasteiger partial charge in [-0.05, 0) is 6.42 Å². The Morgan fingerprint density at radius 3 is 2.47 bits per heavy atom. The highest BCUT2D eigenvalue weighted by molar-refractivity contribution is 6.32. The van der Waals surface area contributed by atoms with Gasteiger partial charge in [-0.15, -0.1) is 0 Å². The third-order valence-corrected chi connectivity index (χ3v) is 3.17. The molecule has 0 atom stereocenters. The fourth-order valence-corrected chi connectivity index (χ4v) is 2.07. The van der Waals surface area contributed by atoms with Crippen LogP contribution in [0.5, 0.6) is 11.5 Å². The predicted octanol–water partition coefficient (Wildman–Crippen LogP) is 2.86. The number of nitriles is 1. The van der Waals surface area contributed by atoms with Crippen LogP contribution in [0.25, 0.3) is 0 Å². The minimum absolute atomic E-state index is 0.413. The van der Waals surface area contributed by atoms with Crippen molar-refractivity contribution in [3.8, 4) is 17.6 Å². The quantitative estimate of drug-likeness (QED) is 0.677. The first-order chi connectivity index (χ1) is 7.22. The third kappa shape index (κ3) is 1.18. The van der Waals surface area contributed by atoms with Crippen molar-refractivity contribution in [1.82, 2.24) is 0 Å². The zero-order chi connectivity index (χ0) is 10.5. The molecule has 0 amide bonds. The van der Waals surface area contributed by atoms with E-state index in [0.717, 1.165) is 19.3 Å². The van der Waals surface area contributed by atoms with Gasteiger partial charge in [0.15, 0.2) is 11.5 Å². The van der Waals surface area contributed by atoms with Gasteiger partial charge in [-0.1, -0.05) is 11.6 Å². The minimum atomic E-state index is -0.459. The van der Waals surface area contributed by atoms with Crippen LogP contribution in [0.2, 0.25) is 5.02 Å². The second-order valence-electron chi connectivity index (χ2n) is 3.86. The molecule has 1 aromatic carbocycles. The standard InChI is InChI=1S/C11H8ClNO2/c12-8-5-10-9(4-7(8)6-13)14-11(15-10)2-1-3-11/h4-5H,1-3H2. The molecular weight excluding hydrogens is 214 g/mol. The zero-order valence-electron chi connectivity index (χ0n) is 7.92. The van der Waals surface area contributed by atoms with E-state index in [0.29, 0.717) is 22.1 Å². The number of hydrogen-bond acceptors (Lipinski definition) is 3. The highest BCUT2D eigenvalue weighted by Crippen LogP contribution is 2.49. The second kappa shape index (κ2) is 2.80. The second-order valence-corrected chi connectivity index (χ2v) is 4.27. The fourth-order valence-electron chi connectivity index (χ4n) is 1.87. The number of hydrogen-bond donors (Lipinski definition) is 0. The molecule has 1 aliphatic heterocycles. The molecule has 1 saturated carbocycles. The van der Waals surface area contributed by atoms with Crippen LogP contribution in [0.4, 0.5) is 0 Å². The third-order valence-electron chi connectivity index (χ3n) is 2.86. The molecule has 1 aromatic rings. The van der Waals surface area contributed by atoms with Gasteiger partial charge in [-0.25, -0.2) is 0 Å². The van der Waals surface area contributed by atoms with Crippen LogP contribution >= 0.6 is 11.6 Å². The lowest BCUT2D eigenvalue weighted by Crippen LogP contribution is -2.45. The molecule has 15 heavy (non-hydrogen) atoms. The van der Waals surface area contributed by atoms with Crippen LogP contribution < -0.4 is 9.47 Å².